The van der Waals surface area contributed by atoms with Crippen LogP contribution in [0.15, 0.2) is 139 Å². The van der Waals surface area contributed by atoms with Crippen molar-refractivity contribution in [1.82, 2.24) is 0 Å². The van der Waals surface area contributed by atoms with Gasteiger partial charge in [-0.2, -0.15) is 15.1 Å². The van der Waals surface area contributed by atoms with Crippen LogP contribution < -0.4 is 19.1 Å². The topological polar surface area (TPSA) is 184 Å². The number of hydrogen-bond acceptors (Lipinski definition) is 15. The molecule has 0 fully saturated rings. The first-order chi connectivity index (χ1) is 29.7. The van der Waals surface area contributed by atoms with Gasteiger partial charge in [0.15, 0.2) is 5.75 Å². The molecule has 4 rings (SSSR count). The molecule has 15 heteroatoms. The average molecular weight is 833 g/mol. The maximum Gasteiger partial charge on any atom is 0.343 e. The molecule has 0 aliphatic rings. The fraction of sp³-hybridized carbons (Fsp3) is 0.196. The number of unbranched alkanes of at least 4 members (excludes halogenated alkanes) is 3. The molecule has 0 bridgehead atoms. The first-order valence-electron chi connectivity index (χ1n) is 18.9. The number of hydrogen-bond donors (Lipinski definition) is 0. The van der Waals surface area contributed by atoms with Crippen molar-refractivity contribution < 1.29 is 62.2 Å². The smallest absolute Gasteiger partial charge is 0.343 e. The molecule has 0 heterocycles. The van der Waals surface area contributed by atoms with E-state index in [0.29, 0.717) is 52.7 Å². The van der Waals surface area contributed by atoms with Crippen molar-refractivity contribution in [3.63, 3.8) is 0 Å². The van der Waals surface area contributed by atoms with Crippen molar-refractivity contribution in [3.8, 4) is 23.0 Å². The first kappa shape index (κ1) is 46.0. The summed E-state index contributed by atoms with van der Waals surface area (Å²) in [7, 11) is 0. The van der Waals surface area contributed by atoms with E-state index in [1.54, 1.807) is 78.9 Å². The van der Waals surface area contributed by atoms with Crippen molar-refractivity contribution in [2.75, 3.05) is 26.4 Å². The highest BCUT2D eigenvalue weighted by Crippen LogP contribution is 2.23. The minimum atomic E-state index is -0.784. The quantitative estimate of drug-likeness (QED) is 0.00935. The van der Waals surface area contributed by atoms with Gasteiger partial charge in [0.2, 0.25) is 0 Å². The van der Waals surface area contributed by atoms with Crippen molar-refractivity contribution in [2.24, 2.45) is 10.2 Å². The van der Waals surface area contributed by atoms with Crippen LogP contribution >= 0.6 is 0 Å². The van der Waals surface area contributed by atoms with Crippen molar-refractivity contribution in [1.29, 1.82) is 0 Å². The Balaban J connectivity index is 1.27. The monoisotopic (exact) mass is 832 g/mol. The van der Waals surface area contributed by atoms with Crippen LogP contribution in [-0.4, -0.2) is 68.7 Å². The van der Waals surface area contributed by atoms with Gasteiger partial charge >= 0.3 is 29.8 Å². The highest BCUT2D eigenvalue weighted by atomic mass is 17.2. The SMILES string of the molecule is C=CC(=O)OCCCCCCOc1ccc(C(=O)Oc2ccc(/C=N/N=C/c3ccc(OOCc4ccc(OC(=O)C=C)cc4)c(C(=O)OCCOC(=O)C=C)c3)cc2)cc1. The van der Waals surface area contributed by atoms with Gasteiger partial charge < -0.3 is 33.3 Å². The summed E-state index contributed by atoms with van der Waals surface area (Å²) in [6.45, 7) is 10.5. The molecule has 0 saturated carbocycles. The van der Waals surface area contributed by atoms with E-state index < -0.39 is 29.8 Å². The summed E-state index contributed by atoms with van der Waals surface area (Å²) in [5, 5.41) is 8.14. The third-order valence-corrected chi connectivity index (χ3v) is 8.01. The minimum Gasteiger partial charge on any atom is -0.494 e. The Morgan fingerprint density at radius 1 is 0.525 bits per heavy atom. The van der Waals surface area contributed by atoms with E-state index in [1.165, 1.54) is 24.6 Å². The van der Waals surface area contributed by atoms with Gasteiger partial charge in [-0.05, 0) is 121 Å². The van der Waals surface area contributed by atoms with Crippen LogP contribution in [0.5, 0.6) is 23.0 Å². The molecule has 4 aromatic carbocycles. The Bertz CT molecular complexity index is 2180. The summed E-state index contributed by atoms with van der Waals surface area (Å²) in [5.41, 5.74) is 2.17. The predicted molar refractivity (Wildman–Crippen MR) is 224 cm³/mol. The maximum atomic E-state index is 13.0. The number of rotatable bonds is 25. The molecule has 0 spiro atoms. The second kappa shape index (κ2) is 25.7. The lowest BCUT2D eigenvalue weighted by Gasteiger charge is -2.11. The van der Waals surface area contributed by atoms with Gasteiger partial charge in [0, 0.05) is 18.2 Å². The molecule has 316 valence electrons. The van der Waals surface area contributed by atoms with Gasteiger partial charge in [-0.1, -0.05) is 31.9 Å². The number of nitrogens with zero attached hydrogens (tertiary/aromatic N) is 2. The molecule has 0 unspecified atom stereocenters. The molecule has 0 N–H and O–H groups in total. The fourth-order valence-electron chi connectivity index (χ4n) is 4.90. The van der Waals surface area contributed by atoms with E-state index in [4.69, 9.17) is 38.2 Å². The summed E-state index contributed by atoms with van der Waals surface area (Å²) < 4.78 is 31.4. The highest BCUT2D eigenvalue weighted by Gasteiger charge is 2.17. The van der Waals surface area contributed by atoms with Gasteiger partial charge in [-0.15, -0.1) is 0 Å². The lowest BCUT2D eigenvalue weighted by Crippen LogP contribution is -2.14. The standard InChI is InChI=1S/C46H44N2O13/c1-4-42(49)55-26-10-8-7-9-25-54-37-22-16-36(17-23-37)45(52)60-39-18-11-33(12-19-39)30-47-48-31-35-15-24-41(40(29-35)46(53)57-28-27-56-43(50)5-2)61-58-32-34-13-20-38(21-14-34)59-44(51)6-3/h4-6,11-24,29-31H,1-3,7-10,25-28,32H2/b47-30+,48-31+. The average Bonchev–Trinajstić information content (AvgIpc) is 3.28. The molecule has 61 heavy (non-hydrogen) atoms. The molecule has 0 amide bonds. The summed E-state index contributed by atoms with van der Waals surface area (Å²) in [4.78, 5) is 70.4. The van der Waals surface area contributed by atoms with Crippen molar-refractivity contribution in [2.45, 2.75) is 32.3 Å². The first-order valence-corrected chi connectivity index (χ1v) is 18.9. The van der Waals surface area contributed by atoms with E-state index in [9.17, 15) is 24.0 Å². The zero-order valence-electron chi connectivity index (χ0n) is 33.2. The van der Waals surface area contributed by atoms with E-state index >= 15 is 0 Å². The van der Waals surface area contributed by atoms with Crippen LogP contribution in [-0.2, 0) is 40.1 Å². The third kappa shape index (κ3) is 17.0. The van der Waals surface area contributed by atoms with Crippen molar-refractivity contribution in [3.05, 3.63) is 157 Å². The molecule has 0 atom stereocenters. The predicted octanol–water partition coefficient (Wildman–Crippen LogP) is 7.52. The van der Waals surface area contributed by atoms with E-state index in [-0.39, 0.29) is 31.1 Å². The van der Waals surface area contributed by atoms with Crippen LogP contribution in [0.3, 0.4) is 0 Å². The van der Waals surface area contributed by atoms with Gasteiger partial charge in [-0.3, -0.25) is 0 Å². The number of carbonyl (C=O) groups excluding carboxylic acids is 5. The normalized spacial score (nSPS) is 10.7. The number of carbonyl (C=O) groups is 5. The second-order valence-electron chi connectivity index (χ2n) is 12.5. The zero-order chi connectivity index (χ0) is 43.7. The molecular formula is C46H44N2O13. The Morgan fingerprint density at radius 3 is 1.75 bits per heavy atom. The van der Waals surface area contributed by atoms with Gasteiger partial charge in [-0.25, -0.2) is 24.0 Å². The lowest BCUT2D eigenvalue weighted by atomic mass is 10.1. The van der Waals surface area contributed by atoms with Crippen molar-refractivity contribution >= 4 is 42.3 Å². The molecule has 0 saturated heterocycles. The van der Waals surface area contributed by atoms with Gasteiger partial charge in [0.25, 0.3) is 0 Å². The molecule has 4 aromatic rings. The van der Waals surface area contributed by atoms with Gasteiger partial charge in [0.05, 0.1) is 31.2 Å². The maximum absolute atomic E-state index is 13.0. The van der Waals surface area contributed by atoms with E-state index in [1.807, 2.05) is 0 Å². The van der Waals surface area contributed by atoms with E-state index in [0.717, 1.165) is 43.9 Å². The summed E-state index contributed by atoms with van der Waals surface area (Å²) >= 11 is 0. The number of esters is 5. The van der Waals surface area contributed by atoms with Crippen LogP contribution in [0.1, 0.15) is 63.1 Å². The van der Waals surface area contributed by atoms with E-state index in [2.05, 4.69) is 29.9 Å². The Hall–Kier alpha value is -7.65. The lowest BCUT2D eigenvalue weighted by molar-refractivity contribution is -0.217. The fourth-order valence-corrected chi connectivity index (χ4v) is 4.90. The number of benzene rings is 4. The van der Waals surface area contributed by atoms with Crippen LogP contribution in [0.2, 0.25) is 0 Å². The largest absolute Gasteiger partial charge is 0.494 e. The second-order valence-corrected chi connectivity index (χ2v) is 12.5. The van der Waals surface area contributed by atoms with Crippen LogP contribution in [0, 0.1) is 0 Å². The molecule has 15 nitrogen and oxygen atoms in total. The Kier molecular flexibility index (Phi) is 19.4. The minimum absolute atomic E-state index is 0.00517. The molecule has 0 radical (unpaired) electrons. The molecule has 0 aliphatic heterocycles. The van der Waals surface area contributed by atoms with Crippen LogP contribution in [0.4, 0.5) is 0 Å². The Morgan fingerprint density at radius 2 is 1.08 bits per heavy atom. The Labute approximate surface area is 352 Å². The zero-order valence-corrected chi connectivity index (χ0v) is 33.2. The highest BCUT2D eigenvalue weighted by molar-refractivity contribution is 5.95. The molecule has 0 aliphatic carbocycles. The molecular weight excluding hydrogens is 789 g/mol. The summed E-state index contributed by atoms with van der Waals surface area (Å²) in [5.74, 6) is -1.65. The number of ether oxygens (including phenoxy) is 6. The van der Waals surface area contributed by atoms with Gasteiger partial charge in [0.1, 0.15) is 42.6 Å². The third-order valence-electron chi connectivity index (χ3n) is 8.01. The summed E-state index contributed by atoms with van der Waals surface area (Å²) in [6.07, 6.45) is 9.54. The summed E-state index contributed by atoms with van der Waals surface area (Å²) in [6, 6.07) is 24.4. The van der Waals surface area contributed by atoms with Crippen LogP contribution in [0.25, 0.3) is 0 Å². The molecule has 0 aromatic heterocycles.